The lowest BCUT2D eigenvalue weighted by molar-refractivity contribution is -0.274. The Morgan fingerprint density at radius 1 is 0.921 bits per heavy atom. The number of rotatable bonds is 7. The van der Waals surface area contributed by atoms with Crippen LogP contribution in [0, 0.1) is 0 Å². The third kappa shape index (κ3) is 7.47. The van der Waals surface area contributed by atoms with Crippen molar-refractivity contribution in [3.8, 4) is 5.75 Å². The van der Waals surface area contributed by atoms with Crippen LogP contribution in [-0.4, -0.2) is 60.8 Å². The lowest BCUT2D eigenvalue weighted by Gasteiger charge is -2.36. The molecular formula is C23H22F6N2O5S2. The molecule has 2 saturated heterocycles. The van der Waals surface area contributed by atoms with Gasteiger partial charge < -0.3 is 9.47 Å². The molecule has 2 aliphatic heterocycles. The molecule has 7 nitrogen and oxygen atoms in total. The summed E-state index contributed by atoms with van der Waals surface area (Å²) in [5, 5.41) is 0. The number of hydrogen-bond acceptors (Lipinski definition) is 6. The molecule has 1 amide bonds. The largest absolute Gasteiger partial charge is 0.573 e. The molecule has 0 bridgehead atoms. The van der Waals surface area contributed by atoms with Crippen LogP contribution in [0.1, 0.15) is 24.0 Å². The Labute approximate surface area is 218 Å². The summed E-state index contributed by atoms with van der Waals surface area (Å²) in [4.78, 5) is 13.9. The van der Waals surface area contributed by atoms with Gasteiger partial charge in [-0.2, -0.15) is 13.2 Å². The molecular weight excluding hydrogens is 562 g/mol. The van der Waals surface area contributed by atoms with Crippen molar-refractivity contribution in [1.29, 1.82) is 0 Å². The number of carbonyl (C=O) groups excluding carboxylic acids is 1. The van der Waals surface area contributed by atoms with Crippen LogP contribution in [0.3, 0.4) is 0 Å². The zero-order chi connectivity index (χ0) is 27.8. The van der Waals surface area contributed by atoms with Gasteiger partial charge in [-0.05, 0) is 47.2 Å². The first-order valence-electron chi connectivity index (χ1n) is 11.3. The van der Waals surface area contributed by atoms with Crippen LogP contribution in [0.5, 0.6) is 5.75 Å². The summed E-state index contributed by atoms with van der Waals surface area (Å²) in [6, 6.07) is 10.2. The third-order valence-electron chi connectivity index (χ3n) is 6.10. The van der Waals surface area contributed by atoms with Gasteiger partial charge in [0.1, 0.15) is 11.4 Å². The van der Waals surface area contributed by atoms with Crippen molar-refractivity contribution in [1.82, 2.24) is 9.21 Å². The number of thioether (sulfide) groups is 1. The average molecular weight is 585 g/mol. The molecule has 0 unspecified atom stereocenters. The van der Waals surface area contributed by atoms with Crippen LogP contribution in [0.4, 0.5) is 31.1 Å². The van der Waals surface area contributed by atoms with E-state index in [0.29, 0.717) is 5.56 Å². The second kappa shape index (κ2) is 10.5. The number of sulfonamides is 1. The molecule has 0 radical (unpaired) electrons. The number of alkyl halides is 6. The van der Waals surface area contributed by atoms with Gasteiger partial charge in [0.2, 0.25) is 10.0 Å². The van der Waals surface area contributed by atoms with Crippen molar-refractivity contribution < 1.29 is 49.0 Å². The summed E-state index contributed by atoms with van der Waals surface area (Å²) in [5.41, 5.74) is -4.37. The maximum absolute atomic E-state index is 12.9. The molecule has 2 heterocycles. The highest BCUT2D eigenvalue weighted by atomic mass is 32.2. The zero-order valence-electron chi connectivity index (χ0n) is 19.6. The predicted molar refractivity (Wildman–Crippen MR) is 125 cm³/mol. The standard InChI is InChI=1S/C23H22F6N2O5S2/c24-22(25,26)35-18-5-1-17(2-6-18)14-38(33,34)31-11-9-21(10-12-31)15-30(20(32)36-21)13-16-3-7-19(8-4-16)37-23(27,28)29/h1-8H,9-15H2. The Morgan fingerprint density at radius 3 is 2.05 bits per heavy atom. The molecule has 2 aliphatic rings. The Balaban J connectivity index is 1.31. The van der Waals surface area contributed by atoms with Crippen molar-refractivity contribution >= 4 is 27.9 Å². The number of hydrogen-bond donors (Lipinski definition) is 0. The minimum Gasteiger partial charge on any atom is -0.441 e. The van der Waals surface area contributed by atoms with Gasteiger partial charge in [0.15, 0.2) is 0 Å². The predicted octanol–water partition coefficient (Wildman–Crippen LogP) is 5.51. The van der Waals surface area contributed by atoms with Crippen molar-refractivity contribution in [3.05, 3.63) is 59.7 Å². The molecule has 0 N–H and O–H groups in total. The average Bonchev–Trinajstić information content (AvgIpc) is 3.08. The maximum atomic E-state index is 12.9. The lowest BCUT2D eigenvalue weighted by Crippen LogP contribution is -2.48. The van der Waals surface area contributed by atoms with E-state index in [9.17, 15) is 39.6 Å². The van der Waals surface area contributed by atoms with Crippen LogP contribution in [0.15, 0.2) is 53.4 Å². The van der Waals surface area contributed by atoms with Crippen LogP contribution < -0.4 is 4.74 Å². The molecule has 2 fully saturated rings. The van der Waals surface area contributed by atoms with E-state index in [1.165, 1.54) is 45.6 Å². The smallest absolute Gasteiger partial charge is 0.441 e. The van der Waals surface area contributed by atoms with Crippen molar-refractivity contribution in [3.63, 3.8) is 0 Å². The maximum Gasteiger partial charge on any atom is 0.573 e. The fourth-order valence-corrected chi connectivity index (χ4v) is 6.43. The minimum atomic E-state index is -4.85. The summed E-state index contributed by atoms with van der Waals surface area (Å²) >= 11 is -0.230. The van der Waals surface area contributed by atoms with E-state index in [-0.39, 0.29) is 61.2 Å². The Hall–Kier alpha value is -2.65. The number of halogens is 6. The molecule has 2 aromatic carbocycles. The first-order chi connectivity index (χ1) is 17.6. The third-order valence-corrected chi connectivity index (χ3v) is 8.69. The Bertz CT molecular complexity index is 1240. The first-order valence-corrected chi connectivity index (χ1v) is 13.7. The van der Waals surface area contributed by atoms with E-state index in [1.807, 2.05) is 0 Å². The van der Waals surface area contributed by atoms with Crippen molar-refractivity contribution in [2.75, 3.05) is 19.6 Å². The molecule has 2 aromatic rings. The summed E-state index contributed by atoms with van der Waals surface area (Å²) in [6.07, 6.45) is -4.95. The summed E-state index contributed by atoms with van der Waals surface area (Å²) < 4.78 is 111. The number of carbonyl (C=O) groups is 1. The molecule has 15 heteroatoms. The van der Waals surface area contributed by atoms with Gasteiger partial charge in [0, 0.05) is 37.4 Å². The van der Waals surface area contributed by atoms with E-state index >= 15 is 0 Å². The molecule has 38 heavy (non-hydrogen) atoms. The lowest BCUT2D eigenvalue weighted by atomic mass is 9.92. The zero-order valence-corrected chi connectivity index (χ0v) is 21.2. The SMILES string of the molecule is O=C1OC2(CCN(S(=O)(=O)Cc3ccc(OC(F)(F)F)cc3)CC2)CN1Cc1ccc(SC(F)(F)F)cc1. The molecule has 208 valence electrons. The number of ether oxygens (including phenoxy) is 2. The number of benzene rings is 2. The van der Waals surface area contributed by atoms with Gasteiger partial charge in [0.05, 0.1) is 12.3 Å². The normalized spacial score (nSPS) is 18.6. The topological polar surface area (TPSA) is 76.1 Å². The summed E-state index contributed by atoms with van der Waals surface area (Å²) in [7, 11) is -3.79. The highest BCUT2D eigenvalue weighted by Gasteiger charge is 2.48. The highest BCUT2D eigenvalue weighted by Crippen LogP contribution is 2.38. The molecule has 0 atom stereocenters. The Kier molecular flexibility index (Phi) is 7.83. The van der Waals surface area contributed by atoms with Gasteiger partial charge in [-0.25, -0.2) is 17.5 Å². The van der Waals surface area contributed by atoms with E-state index < -0.39 is 45.1 Å². The second-order valence-corrected chi connectivity index (χ2v) is 12.1. The van der Waals surface area contributed by atoms with Gasteiger partial charge in [0.25, 0.3) is 0 Å². The molecule has 1 spiro atoms. The van der Waals surface area contributed by atoms with Crippen molar-refractivity contribution in [2.24, 2.45) is 0 Å². The van der Waals surface area contributed by atoms with Crippen LogP contribution >= 0.6 is 11.8 Å². The van der Waals surface area contributed by atoms with Crippen LogP contribution in [0.2, 0.25) is 0 Å². The minimum absolute atomic E-state index is 0.0286. The van der Waals surface area contributed by atoms with Gasteiger partial charge in [-0.15, -0.1) is 13.2 Å². The van der Waals surface area contributed by atoms with E-state index in [0.717, 1.165) is 12.1 Å². The second-order valence-electron chi connectivity index (χ2n) is 8.95. The molecule has 0 saturated carbocycles. The number of amides is 1. The van der Waals surface area contributed by atoms with E-state index in [1.54, 1.807) is 0 Å². The summed E-state index contributed by atoms with van der Waals surface area (Å²) in [5.74, 6) is -0.872. The van der Waals surface area contributed by atoms with Gasteiger partial charge in [-0.3, -0.25) is 4.90 Å². The fraction of sp³-hybridized carbons (Fsp3) is 0.435. The molecule has 4 rings (SSSR count). The highest BCUT2D eigenvalue weighted by molar-refractivity contribution is 8.00. The van der Waals surface area contributed by atoms with E-state index in [2.05, 4.69) is 4.74 Å². The fourth-order valence-electron chi connectivity index (χ4n) is 4.35. The number of piperidine rings is 1. The van der Waals surface area contributed by atoms with Crippen molar-refractivity contribution in [2.45, 2.75) is 47.5 Å². The van der Waals surface area contributed by atoms with Crippen LogP contribution in [-0.2, 0) is 27.1 Å². The Morgan fingerprint density at radius 2 is 1.50 bits per heavy atom. The molecule has 0 aromatic heterocycles. The van der Waals surface area contributed by atoms with Crippen LogP contribution in [0.25, 0.3) is 0 Å². The first kappa shape index (κ1) is 28.4. The summed E-state index contributed by atoms with van der Waals surface area (Å²) in [6.45, 7) is 0.511. The van der Waals surface area contributed by atoms with E-state index in [4.69, 9.17) is 4.74 Å². The van der Waals surface area contributed by atoms with Gasteiger partial charge >= 0.3 is 18.0 Å². The van der Waals surface area contributed by atoms with Gasteiger partial charge in [-0.1, -0.05) is 24.3 Å². The quantitative estimate of drug-likeness (QED) is 0.316. The number of nitrogens with zero attached hydrogens (tertiary/aromatic N) is 2. The molecule has 0 aliphatic carbocycles. The monoisotopic (exact) mass is 584 g/mol.